The molecule has 0 aliphatic carbocycles. The smallest absolute Gasteiger partial charge is 0.0684 e. The molecule has 1 rings (SSSR count). The van der Waals surface area contributed by atoms with Crippen molar-refractivity contribution in [2.45, 2.75) is 47.1 Å². The van der Waals surface area contributed by atoms with Crippen LogP contribution in [0, 0.1) is 30.6 Å². The fourth-order valence-electron chi connectivity index (χ4n) is 1.90. The Morgan fingerprint density at radius 1 is 1.41 bits per heavy atom. The van der Waals surface area contributed by atoms with Gasteiger partial charge in [-0.25, -0.2) is 0 Å². The van der Waals surface area contributed by atoms with E-state index in [0.29, 0.717) is 6.54 Å². The molecule has 0 radical (unpaired) electrons. The molecule has 0 aromatic carbocycles. The third-order valence-electron chi connectivity index (χ3n) is 3.18. The molecule has 0 aliphatic heterocycles. The van der Waals surface area contributed by atoms with E-state index in [1.165, 1.54) is 11.3 Å². The molecule has 1 aromatic heterocycles. The van der Waals surface area contributed by atoms with Gasteiger partial charge in [-0.05, 0) is 52.6 Å². The van der Waals surface area contributed by atoms with Gasteiger partial charge in [0.15, 0.2) is 0 Å². The number of hydrogen-bond donors (Lipinski definition) is 1. The summed E-state index contributed by atoms with van der Waals surface area (Å²) < 4.78 is 2.00. The molecule has 0 saturated carbocycles. The van der Waals surface area contributed by atoms with Crippen LogP contribution in [0.3, 0.4) is 0 Å². The highest BCUT2D eigenvalue weighted by atomic mass is 15.3. The van der Waals surface area contributed by atoms with Gasteiger partial charge in [-0.1, -0.05) is 0 Å². The first-order valence-electron chi connectivity index (χ1n) is 6.05. The molecule has 0 saturated heterocycles. The molecule has 1 heterocycles. The number of aromatic nitrogens is 2. The molecule has 0 aliphatic rings. The summed E-state index contributed by atoms with van der Waals surface area (Å²) in [5.74, 6) is 0. The summed E-state index contributed by atoms with van der Waals surface area (Å²) >= 11 is 0. The van der Waals surface area contributed by atoms with Crippen molar-refractivity contribution in [1.82, 2.24) is 9.78 Å². The number of nitriles is 1. The average Bonchev–Trinajstić information content (AvgIpc) is 2.55. The van der Waals surface area contributed by atoms with Gasteiger partial charge in [-0.3, -0.25) is 4.68 Å². The monoisotopic (exact) mass is 234 g/mol. The van der Waals surface area contributed by atoms with Crippen LogP contribution in [0.15, 0.2) is 0 Å². The van der Waals surface area contributed by atoms with Crippen LogP contribution in [0.5, 0.6) is 0 Å². The maximum Gasteiger partial charge on any atom is 0.0684 e. The van der Waals surface area contributed by atoms with Gasteiger partial charge in [0.25, 0.3) is 0 Å². The summed E-state index contributed by atoms with van der Waals surface area (Å²) in [5.41, 5.74) is 8.79. The predicted octanol–water partition coefficient (Wildman–Crippen LogP) is 1.94. The second kappa shape index (κ2) is 5.33. The molecule has 0 amide bonds. The molecular formula is C13H22N4. The highest BCUT2D eigenvalue weighted by Crippen LogP contribution is 2.21. The molecule has 17 heavy (non-hydrogen) atoms. The third kappa shape index (κ3) is 3.31. The third-order valence-corrected chi connectivity index (χ3v) is 3.18. The normalized spacial score (nSPS) is 11.5. The van der Waals surface area contributed by atoms with Crippen LogP contribution >= 0.6 is 0 Å². The fourth-order valence-corrected chi connectivity index (χ4v) is 1.90. The lowest BCUT2D eigenvalue weighted by atomic mass is 9.91. The molecule has 2 N–H and O–H groups in total. The summed E-state index contributed by atoms with van der Waals surface area (Å²) in [5, 5.41) is 13.5. The van der Waals surface area contributed by atoms with Gasteiger partial charge in [0.05, 0.1) is 17.2 Å². The predicted molar refractivity (Wildman–Crippen MR) is 68.5 cm³/mol. The van der Waals surface area contributed by atoms with E-state index in [9.17, 15) is 0 Å². The summed E-state index contributed by atoms with van der Waals surface area (Å²) in [6, 6.07) is 2.32. The zero-order valence-corrected chi connectivity index (χ0v) is 11.2. The van der Waals surface area contributed by atoms with Crippen LogP contribution in [0.2, 0.25) is 0 Å². The van der Waals surface area contributed by atoms with Gasteiger partial charge in [-0.15, -0.1) is 0 Å². The maximum absolute atomic E-state index is 8.99. The van der Waals surface area contributed by atoms with E-state index < -0.39 is 0 Å². The lowest BCUT2D eigenvalue weighted by Gasteiger charge is -2.15. The Morgan fingerprint density at radius 2 is 2.06 bits per heavy atom. The van der Waals surface area contributed by atoms with Crippen molar-refractivity contribution in [3.8, 4) is 6.07 Å². The molecule has 4 nitrogen and oxygen atoms in total. The van der Waals surface area contributed by atoms with Gasteiger partial charge in [0.1, 0.15) is 0 Å². The number of aryl methyl sites for hydroxylation is 2. The Bertz CT molecular complexity index is 423. The van der Waals surface area contributed by atoms with Gasteiger partial charge < -0.3 is 5.73 Å². The van der Waals surface area contributed by atoms with E-state index in [-0.39, 0.29) is 5.41 Å². The van der Waals surface area contributed by atoms with E-state index in [1.807, 2.05) is 25.5 Å². The second-order valence-corrected chi connectivity index (χ2v) is 5.16. The minimum atomic E-state index is -0.291. The Balaban J connectivity index is 2.80. The molecule has 94 valence electrons. The first-order chi connectivity index (χ1) is 7.91. The quantitative estimate of drug-likeness (QED) is 0.846. The van der Waals surface area contributed by atoms with Crippen molar-refractivity contribution in [3.63, 3.8) is 0 Å². The lowest BCUT2D eigenvalue weighted by molar-refractivity contribution is 0.395. The topological polar surface area (TPSA) is 67.6 Å². The van der Waals surface area contributed by atoms with Gasteiger partial charge in [0, 0.05) is 12.2 Å². The summed E-state index contributed by atoms with van der Waals surface area (Å²) in [6.07, 6.45) is 1.69. The van der Waals surface area contributed by atoms with E-state index in [0.717, 1.165) is 25.1 Å². The second-order valence-electron chi connectivity index (χ2n) is 5.16. The van der Waals surface area contributed by atoms with Crippen LogP contribution in [-0.4, -0.2) is 16.3 Å². The van der Waals surface area contributed by atoms with E-state index in [1.54, 1.807) is 0 Å². The van der Waals surface area contributed by atoms with Crippen molar-refractivity contribution >= 4 is 0 Å². The molecule has 4 heteroatoms. The van der Waals surface area contributed by atoms with Crippen LogP contribution in [0.4, 0.5) is 0 Å². The summed E-state index contributed by atoms with van der Waals surface area (Å²) in [4.78, 5) is 0. The molecule has 0 unspecified atom stereocenters. The Labute approximate surface area is 103 Å². The van der Waals surface area contributed by atoms with E-state index >= 15 is 0 Å². The summed E-state index contributed by atoms with van der Waals surface area (Å²) in [6.45, 7) is 9.45. The molecule has 0 atom stereocenters. The Hall–Kier alpha value is -1.34. The zero-order valence-electron chi connectivity index (χ0n) is 11.2. The summed E-state index contributed by atoms with van der Waals surface area (Å²) in [7, 11) is 0. The standard InChI is InChI=1S/C13H22N4/c1-10-12(5-7-14)11(2)17(16-10)8-6-13(3,4)9-15/h5-8,14H2,1-4H3. The SMILES string of the molecule is Cc1nn(CCC(C)(C)C#N)c(C)c1CCN. The average molecular weight is 234 g/mol. The number of hydrogen-bond acceptors (Lipinski definition) is 3. The zero-order chi connectivity index (χ0) is 13.1. The Kier molecular flexibility index (Phi) is 4.30. The fraction of sp³-hybridized carbons (Fsp3) is 0.692. The maximum atomic E-state index is 8.99. The number of nitrogens with zero attached hydrogens (tertiary/aromatic N) is 3. The van der Waals surface area contributed by atoms with Crippen molar-refractivity contribution in [2.75, 3.05) is 6.54 Å². The van der Waals surface area contributed by atoms with Crippen molar-refractivity contribution < 1.29 is 0 Å². The highest BCUT2D eigenvalue weighted by Gasteiger charge is 2.18. The highest BCUT2D eigenvalue weighted by molar-refractivity contribution is 5.24. The largest absolute Gasteiger partial charge is 0.330 e. The van der Waals surface area contributed by atoms with E-state index in [2.05, 4.69) is 18.1 Å². The van der Waals surface area contributed by atoms with Crippen LogP contribution < -0.4 is 5.73 Å². The van der Waals surface area contributed by atoms with Crippen LogP contribution in [0.25, 0.3) is 0 Å². The lowest BCUT2D eigenvalue weighted by Crippen LogP contribution is -2.14. The van der Waals surface area contributed by atoms with E-state index in [4.69, 9.17) is 11.0 Å². The minimum Gasteiger partial charge on any atom is -0.330 e. The van der Waals surface area contributed by atoms with Crippen molar-refractivity contribution in [2.24, 2.45) is 11.1 Å². The van der Waals surface area contributed by atoms with Crippen LogP contribution in [-0.2, 0) is 13.0 Å². The number of rotatable bonds is 5. The minimum absolute atomic E-state index is 0.291. The first-order valence-corrected chi connectivity index (χ1v) is 6.05. The molecule has 1 aromatic rings. The van der Waals surface area contributed by atoms with Crippen molar-refractivity contribution in [3.05, 3.63) is 17.0 Å². The molecule has 0 fully saturated rings. The molecular weight excluding hydrogens is 212 g/mol. The molecule has 0 bridgehead atoms. The van der Waals surface area contributed by atoms with Crippen molar-refractivity contribution in [1.29, 1.82) is 5.26 Å². The van der Waals surface area contributed by atoms with Crippen LogP contribution in [0.1, 0.15) is 37.2 Å². The first kappa shape index (κ1) is 13.7. The molecule has 0 spiro atoms. The van der Waals surface area contributed by atoms with Gasteiger partial charge in [0.2, 0.25) is 0 Å². The Morgan fingerprint density at radius 3 is 2.59 bits per heavy atom. The number of nitrogens with two attached hydrogens (primary N) is 1. The van der Waals surface area contributed by atoms with Gasteiger partial charge in [-0.2, -0.15) is 10.4 Å². The van der Waals surface area contributed by atoms with Gasteiger partial charge >= 0.3 is 0 Å².